The van der Waals surface area contributed by atoms with Crippen LogP contribution in [0.4, 0.5) is 5.69 Å². The van der Waals surface area contributed by atoms with Crippen LogP contribution in [0.1, 0.15) is 15.9 Å². The zero-order valence-corrected chi connectivity index (χ0v) is 10.1. The number of carbonyl (C=O) groups is 1. The molecule has 0 bridgehead atoms. The van der Waals surface area contributed by atoms with Gasteiger partial charge in [0.25, 0.3) is 5.91 Å². The van der Waals surface area contributed by atoms with Crippen molar-refractivity contribution in [1.82, 2.24) is 5.43 Å². The number of hydrogen-bond donors (Lipinski definition) is 3. The highest BCUT2D eigenvalue weighted by Gasteiger charge is 2.08. The molecule has 4 N–H and O–H groups in total. The van der Waals surface area contributed by atoms with Crippen molar-refractivity contribution in [1.29, 1.82) is 0 Å². The number of phenols is 1. The van der Waals surface area contributed by atoms with E-state index < -0.39 is 5.91 Å². The molecule has 0 aliphatic heterocycles. The summed E-state index contributed by atoms with van der Waals surface area (Å²) in [7, 11) is 0. The molecule has 0 heterocycles. The Hall–Kier alpha value is -2.66. The zero-order valence-electron chi connectivity index (χ0n) is 10.1. The minimum absolute atomic E-state index is 0.131. The van der Waals surface area contributed by atoms with Crippen LogP contribution in [-0.2, 0) is 0 Å². The number of amides is 1. The topological polar surface area (TPSA) is 87.7 Å². The number of nitrogen functional groups attached to an aromatic ring is 1. The standard InChI is InChI=1S/C14H13N3O2/c15-17-14(19)11-6-2-3-7-12(11)16-9-10-5-1-4-8-13(10)18/h1-9,18H,15H2,(H,17,19). The Kier molecular flexibility index (Phi) is 3.90. The fraction of sp³-hybridized carbons (Fsp3) is 0. The molecule has 0 fully saturated rings. The minimum atomic E-state index is -0.412. The quantitative estimate of drug-likeness (QED) is 0.338. The number of benzene rings is 2. The fourth-order valence-electron chi connectivity index (χ4n) is 1.59. The van der Waals surface area contributed by atoms with Crippen molar-refractivity contribution in [3.63, 3.8) is 0 Å². The summed E-state index contributed by atoms with van der Waals surface area (Å²) in [5.41, 5.74) is 3.50. The Balaban J connectivity index is 2.34. The van der Waals surface area contributed by atoms with Gasteiger partial charge in [-0.1, -0.05) is 24.3 Å². The fourth-order valence-corrected chi connectivity index (χ4v) is 1.59. The van der Waals surface area contributed by atoms with Crippen LogP contribution >= 0.6 is 0 Å². The van der Waals surface area contributed by atoms with Crippen LogP contribution in [0.15, 0.2) is 53.5 Å². The number of hydrogen-bond acceptors (Lipinski definition) is 4. The Labute approximate surface area is 110 Å². The van der Waals surface area contributed by atoms with E-state index in [1.165, 1.54) is 6.21 Å². The smallest absolute Gasteiger partial charge is 0.267 e. The summed E-state index contributed by atoms with van der Waals surface area (Å²) >= 11 is 0. The summed E-state index contributed by atoms with van der Waals surface area (Å²) in [4.78, 5) is 15.8. The molecule has 5 nitrogen and oxygen atoms in total. The van der Waals surface area contributed by atoms with Crippen LogP contribution in [0.3, 0.4) is 0 Å². The number of para-hydroxylation sites is 2. The maximum atomic E-state index is 11.6. The summed E-state index contributed by atoms with van der Waals surface area (Å²) in [6.45, 7) is 0. The van der Waals surface area contributed by atoms with E-state index in [2.05, 4.69) is 10.4 Å². The van der Waals surface area contributed by atoms with Gasteiger partial charge >= 0.3 is 0 Å². The summed E-state index contributed by atoms with van der Waals surface area (Å²) < 4.78 is 0. The molecule has 0 atom stereocenters. The first kappa shape index (κ1) is 12.8. The molecule has 0 unspecified atom stereocenters. The number of rotatable bonds is 3. The van der Waals surface area contributed by atoms with Crippen LogP contribution in [-0.4, -0.2) is 17.2 Å². The van der Waals surface area contributed by atoms with Crippen LogP contribution in [0.2, 0.25) is 0 Å². The SMILES string of the molecule is NNC(=O)c1ccccc1N=Cc1ccccc1O. The van der Waals surface area contributed by atoms with Gasteiger partial charge in [-0.3, -0.25) is 15.2 Å². The summed E-state index contributed by atoms with van der Waals surface area (Å²) in [5.74, 6) is 4.83. The largest absolute Gasteiger partial charge is 0.507 e. The van der Waals surface area contributed by atoms with E-state index in [4.69, 9.17) is 5.84 Å². The first-order valence-electron chi connectivity index (χ1n) is 5.64. The van der Waals surface area contributed by atoms with E-state index in [0.717, 1.165) is 0 Å². The van der Waals surface area contributed by atoms with Gasteiger partial charge in [-0.05, 0) is 24.3 Å². The van der Waals surface area contributed by atoms with Crippen molar-refractivity contribution in [3.8, 4) is 5.75 Å². The third-order valence-electron chi connectivity index (χ3n) is 2.56. The molecule has 0 aliphatic carbocycles. The molecule has 5 heteroatoms. The maximum absolute atomic E-state index is 11.6. The number of nitrogens with one attached hydrogen (secondary N) is 1. The Bertz CT molecular complexity index is 624. The van der Waals surface area contributed by atoms with Crippen molar-refractivity contribution >= 4 is 17.8 Å². The van der Waals surface area contributed by atoms with Gasteiger partial charge in [0.1, 0.15) is 5.75 Å². The lowest BCUT2D eigenvalue weighted by Gasteiger charge is -2.03. The summed E-state index contributed by atoms with van der Waals surface area (Å²) in [6.07, 6.45) is 1.50. The predicted octanol–water partition coefficient (Wildman–Crippen LogP) is 1.75. The van der Waals surface area contributed by atoms with Gasteiger partial charge in [0, 0.05) is 11.8 Å². The molecule has 2 aromatic rings. The molecule has 96 valence electrons. The van der Waals surface area contributed by atoms with E-state index >= 15 is 0 Å². The molecule has 2 rings (SSSR count). The van der Waals surface area contributed by atoms with Gasteiger partial charge in [-0.15, -0.1) is 0 Å². The average Bonchev–Trinajstić information content (AvgIpc) is 2.46. The van der Waals surface area contributed by atoms with Crippen LogP contribution in [0.25, 0.3) is 0 Å². The molecule has 2 aromatic carbocycles. The van der Waals surface area contributed by atoms with Crippen molar-refractivity contribution in [2.45, 2.75) is 0 Å². The predicted molar refractivity (Wildman–Crippen MR) is 73.5 cm³/mol. The van der Waals surface area contributed by atoms with Crippen molar-refractivity contribution in [2.24, 2.45) is 10.8 Å². The van der Waals surface area contributed by atoms with Gasteiger partial charge in [0.05, 0.1) is 11.3 Å². The number of aliphatic imine (C=N–C) groups is 1. The molecule has 0 aromatic heterocycles. The highest BCUT2D eigenvalue weighted by atomic mass is 16.3. The normalized spacial score (nSPS) is 10.6. The highest BCUT2D eigenvalue weighted by molar-refractivity contribution is 5.99. The lowest BCUT2D eigenvalue weighted by molar-refractivity contribution is 0.0954. The second-order valence-electron chi connectivity index (χ2n) is 3.81. The molecular formula is C14H13N3O2. The van der Waals surface area contributed by atoms with Crippen LogP contribution < -0.4 is 11.3 Å². The van der Waals surface area contributed by atoms with Crippen molar-refractivity contribution in [3.05, 3.63) is 59.7 Å². The molecule has 0 spiro atoms. The Morgan fingerprint density at radius 1 is 1.16 bits per heavy atom. The first-order chi connectivity index (χ1) is 9.22. The molecule has 0 saturated heterocycles. The number of nitrogens with two attached hydrogens (primary N) is 1. The molecule has 0 saturated carbocycles. The maximum Gasteiger partial charge on any atom is 0.267 e. The number of carbonyl (C=O) groups excluding carboxylic acids is 1. The van der Waals surface area contributed by atoms with Gasteiger partial charge in [-0.2, -0.15) is 0 Å². The molecule has 0 aliphatic rings. The number of aromatic hydroxyl groups is 1. The van der Waals surface area contributed by atoms with E-state index in [0.29, 0.717) is 16.8 Å². The van der Waals surface area contributed by atoms with E-state index in [1.807, 2.05) is 0 Å². The van der Waals surface area contributed by atoms with Gasteiger partial charge in [0.2, 0.25) is 0 Å². The second kappa shape index (κ2) is 5.79. The number of phenolic OH excluding ortho intramolecular Hbond substituents is 1. The second-order valence-corrected chi connectivity index (χ2v) is 3.81. The molecule has 19 heavy (non-hydrogen) atoms. The third kappa shape index (κ3) is 2.97. The lowest BCUT2D eigenvalue weighted by atomic mass is 10.1. The van der Waals surface area contributed by atoms with Gasteiger partial charge in [0.15, 0.2) is 0 Å². The highest BCUT2D eigenvalue weighted by Crippen LogP contribution is 2.20. The first-order valence-corrected chi connectivity index (χ1v) is 5.64. The van der Waals surface area contributed by atoms with Gasteiger partial charge < -0.3 is 5.11 Å². The average molecular weight is 255 g/mol. The Morgan fingerprint density at radius 3 is 2.58 bits per heavy atom. The van der Waals surface area contributed by atoms with Crippen LogP contribution in [0, 0.1) is 0 Å². The third-order valence-corrected chi connectivity index (χ3v) is 2.56. The molecular weight excluding hydrogens is 242 g/mol. The summed E-state index contributed by atoms with van der Waals surface area (Å²) in [6, 6.07) is 13.6. The Morgan fingerprint density at radius 2 is 1.84 bits per heavy atom. The van der Waals surface area contributed by atoms with Crippen LogP contribution in [0.5, 0.6) is 5.75 Å². The molecule has 1 amide bonds. The number of hydrazine groups is 1. The van der Waals surface area contributed by atoms with Gasteiger partial charge in [-0.25, -0.2) is 5.84 Å². The van der Waals surface area contributed by atoms with Crippen molar-refractivity contribution in [2.75, 3.05) is 0 Å². The van der Waals surface area contributed by atoms with E-state index in [1.54, 1.807) is 48.5 Å². The number of nitrogens with zero attached hydrogens (tertiary/aromatic N) is 1. The van der Waals surface area contributed by atoms with E-state index in [9.17, 15) is 9.90 Å². The summed E-state index contributed by atoms with van der Waals surface area (Å²) in [5, 5.41) is 9.62. The monoisotopic (exact) mass is 255 g/mol. The van der Waals surface area contributed by atoms with Crippen molar-refractivity contribution < 1.29 is 9.90 Å². The zero-order chi connectivity index (χ0) is 13.7. The minimum Gasteiger partial charge on any atom is -0.507 e. The lowest BCUT2D eigenvalue weighted by Crippen LogP contribution is -2.29. The van der Waals surface area contributed by atoms with E-state index in [-0.39, 0.29) is 5.75 Å². The molecule has 0 radical (unpaired) electrons.